The molecule has 1 saturated carbocycles. The number of carbonyl (C=O) groups excluding carboxylic acids is 1. The van der Waals surface area contributed by atoms with E-state index in [9.17, 15) is 4.79 Å². The Labute approximate surface area is 135 Å². The van der Waals surface area contributed by atoms with E-state index in [4.69, 9.17) is 5.73 Å². The summed E-state index contributed by atoms with van der Waals surface area (Å²) in [5.41, 5.74) is 8.70. The molecule has 1 amide bonds. The molecule has 0 saturated heterocycles. The van der Waals surface area contributed by atoms with E-state index < -0.39 is 0 Å². The molecule has 23 heavy (non-hydrogen) atoms. The number of benzene rings is 1. The summed E-state index contributed by atoms with van der Waals surface area (Å²) >= 11 is 0. The number of nitrogen functional groups attached to an aromatic ring is 1. The first-order chi connectivity index (χ1) is 11.2. The Morgan fingerprint density at radius 1 is 1.26 bits per heavy atom. The van der Waals surface area contributed by atoms with Crippen LogP contribution < -0.4 is 5.73 Å². The summed E-state index contributed by atoms with van der Waals surface area (Å²) in [6, 6.07) is 10.3. The molecule has 1 aromatic heterocycles. The highest BCUT2D eigenvalue weighted by Gasteiger charge is 2.51. The van der Waals surface area contributed by atoms with Crippen molar-refractivity contribution in [3.05, 3.63) is 53.3 Å². The van der Waals surface area contributed by atoms with Gasteiger partial charge in [0.15, 0.2) is 0 Å². The van der Waals surface area contributed by atoms with Crippen molar-refractivity contribution in [3.8, 4) is 0 Å². The normalized spacial score (nSPS) is 18.3. The molecule has 5 nitrogen and oxygen atoms in total. The average molecular weight is 308 g/mol. The standard InChI is InChI=1S/C18H20N4O/c19-17-20-11-14-12-22(9-6-15(14)21-17)16(23)18(7-8-18)10-13-4-2-1-3-5-13/h1-5,11H,6-10,12H2,(H2,19,20,21). The first-order valence-corrected chi connectivity index (χ1v) is 8.10. The third-order valence-corrected chi connectivity index (χ3v) is 4.93. The van der Waals surface area contributed by atoms with Crippen LogP contribution in [0.3, 0.4) is 0 Å². The van der Waals surface area contributed by atoms with E-state index in [0.29, 0.717) is 12.5 Å². The smallest absolute Gasteiger partial charge is 0.229 e. The number of nitrogens with zero attached hydrogens (tertiary/aromatic N) is 3. The Balaban J connectivity index is 1.50. The monoisotopic (exact) mass is 308 g/mol. The van der Waals surface area contributed by atoms with Crippen LogP contribution in [-0.4, -0.2) is 27.3 Å². The number of nitrogens with two attached hydrogens (primary N) is 1. The van der Waals surface area contributed by atoms with Crippen molar-refractivity contribution in [1.82, 2.24) is 14.9 Å². The number of hydrogen-bond donors (Lipinski definition) is 1. The van der Waals surface area contributed by atoms with Crippen LogP contribution in [0.1, 0.15) is 29.7 Å². The van der Waals surface area contributed by atoms with Crippen LogP contribution in [0.2, 0.25) is 0 Å². The van der Waals surface area contributed by atoms with E-state index in [1.54, 1.807) is 6.20 Å². The molecule has 5 heteroatoms. The molecular formula is C18H20N4O. The molecule has 0 spiro atoms. The molecule has 2 heterocycles. The quantitative estimate of drug-likeness (QED) is 0.941. The van der Waals surface area contributed by atoms with Gasteiger partial charge in [0.05, 0.1) is 11.1 Å². The van der Waals surface area contributed by atoms with Gasteiger partial charge < -0.3 is 10.6 Å². The molecule has 1 fully saturated rings. The Hall–Kier alpha value is -2.43. The summed E-state index contributed by atoms with van der Waals surface area (Å²) in [5, 5.41) is 0. The van der Waals surface area contributed by atoms with Crippen molar-refractivity contribution in [2.45, 2.75) is 32.2 Å². The third-order valence-electron chi connectivity index (χ3n) is 4.93. The zero-order valence-electron chi connectivity index (χ0n) is 13.0. The van der Waals surface area contributed by atoms with Crippen LogP contribution >= 0.6 is 0 Å². The zero-order chi connectivity index (χ0) is 15.9. The van der Waals surface area contributed by atoms with Gasteiger partial charge in [0, 0.05) is 31.3 Å². The molecule has 4 rings (SSSR count). The van der Waals surface area contributed by atoms with Gasteiger partial charge in [-0.3, -0.25) is 4.79 Å². The number of fused-ring (bicyclic) bond motifs is 1. The highest BCUT2D eigenvalue weighted by molar-refractivity contribution is 5.86. The van der Waals surface area contributed by atoms with Gasteiger partial charge in [0.2, 0.25) is 11.9 Å². The lowest BCUT2D eigenvalue weighted by Crippen LogP contribution is -2.41. The fourth-order valence-corrected chi connectivity index (χ4v) is 3.44. The molecule has 1 aliphatic carbocycles. The van der Waals surface area contributed by atoms with Crippen LogP contribution in [0.4, 0.5) is 5.95 Å². The summed E-state index contributed by atoms with van der Waals surface area (Å²) in [5.74, 6) is 0.593. The fraction of sp³-hybridized carbons (Fsp3) is 0.389. The summed E-state index contributed by atoms with van der Waals surface area (Å²) in [4.78, 5) is 23.3. The second-order valence-corrected chi connectivity index (χ2v) is 6.62. The van der Waals surface area contributed by atoms with Crippen LogP contribution in [0.25, 0.3) is 0 Å². The molecule has 0 radical (unpaired) electrons. The first-order valence-electron chi connectivity index (χ1n) is 8.10. The molecule has 1 aromatic carbocycles. The van der Waals surface area contributed by atoms with Crippen molar-refractivity contribution in [2.24, 2.45) is 5.41 Å². The summed E-state index contributed by atoms with van der Waals surface area (Å²) in [6.45, 7) is 1.32. The van der Waals surface area contributed by atoms with Crippen LogP contribution in [0, 0.1) is 5.41 Å². The Bertz CT molecular complexity index is 740. The van der Waals surface area contributed by atoms with Crippen molar-refractivity contribution in [2.75, 3.05) is 12.3 Å². The Morgan fingerprint density at radius 3 is 2.78 bits per heavy atom. The predicted octanol–water partition coefficient (Wildman–Crippen LogP) is 1.97. The number of carbonyl (C=O) groups is 1. The third kappa shape index (κ3) is 2.67. The van der Waals surface area contributed by atoms with Gasteiger partial charge in [-0.1, -0.05) is 30.3 Å². The van der Waals surface area contributed by atoms with E-state index >= 15 is 0 Å². The lowest BCUT2D eigenvalue weighted by Gasteiger charge is -2.31. The first kappa shape index (κ1) is 14.2. The number of anilines is 1. The lowest BCUT2D eigenvalue weighted by molar-refractivity contribution is -0.138. The van der Waals surface area contributed by atoms with Crippen LogP contribution in [0.5, 0.6) is 0 Å². The van der Waals surface area contributed by atoms with E-state index in [0.717, 1.165) is 43.5 Å². The van der Waals surface area contributed by atoms with Crippen LogP contribution in [-0.2, 0) is 24.2 Å². The molecule has 118 valence electrons. The van der Waals surface area contributed by atoms with Gasteiger partial charge in [-0.2, -0.15) is 0 Å². The van der Waals surface area contributed by atoms with E-state index in [-0.39, 0.29) is 11.3 Å². The van der Waals surface area contributed by atoms with Gasteiger partial charge in [0.1, 0.15) is 0 Å². The highest BCUT2D eigenvalue weighted by atomic mass is 16.2. The number of hydrogen-bond acceptors (Lipinski definition) is 4. The predicted molar refractivity (Wildman–Crippen MR) is 87.4 cm³/mol. The molecule has 0 atom stereocenters. The minimum atomic E-state index is -0.187. The average Bonchev–Trinajstić information content (AvgIpc) is 3.35. The van der Waals surface area contributed by atoms with Crippen LogP contribution in [0.15, 0.2) is 36.5 Å². The molecule has 1 aliphatic heterocycles. The summed E-state index contributed by atoms with van der Waals surface area (Å²) in [6.07, 6.45) is 5.34. The molecule has 2 N–H and O–H groups in total. The number of rotatable bonds is 3. The largest absolute Gasteiger partial charge is 0.368 e. The Kier molecular flexibility index (Phi) is 3.29. The van der Waals surface area contributed by atoms with Gasteiger partial charge in [-0.05, 0) is 24.8 Å². The second-order valence-electron chi connectivity index (χ2n) is 6.62. The second kappa shape index (κ2) is 5.33. The van der Waals surface area contributed by atoms with Gasteiger partial charge in [-0.25, -0.2) is 9.97 Å². The minimum Gasteiger partial charge on any atom is -0.368 e. The summed E-state index contributed by atoms with van der Waals surface area (Å²) < 4.78 is 0. The maximum Gasteiger partial charge on any atom is 0.229 e. The molecule has 2 aliphatic rings. The molecular weight excluding hydrogens is 288 g/mol. The highest BCUT2D eigenvalue weighted by Crippen LogP contribution is 2.50. The van der Waals surface area contributed by atoms with Gasteiger partial charge >= 0.3 is 0 Å². The van der Waals surface area contributed by atoms with Crippen molar-refractivity contribution in [3.63, 3.8) is 0 Å². The molecule has 2 aromatic rings. The van der Waals surface area contributed by atoms with Gasteiger partial charge in [0.25, 0.3) is 0 Å². The van der Waals surface area contributed by atoms with Crippen molar-refractivity contribution < 1.29 is 4.79 Å². The maximum absolute atomic E-state index is 13.0. The molecule has 0 unspecified atom stereocenters. The lowest BCUT2D eigenvalue weighted by atomic mass is 9.93. The number of amides is 1. The van der Waals surface area contributed by atoms with E-state index in [1.807, 2.05) is 23.1 Å². The SMILES string of the molecule is Nc1ncc2c(n1)CCN(C(=O)C1(Cc3ccccc3)CC1)C2. The minimum absolute atomic E-state index is 0.187. The topological polar surface area (TPSA) is 72.1 Å². The van der Waals surface area contributed by atoms with Crippen molar-refractivity contribution in [1.29, 1.82) is 0 Å². The molecule has 0 bridgehead atoms. The van der Waals surface area contributed by atoms with Crippen molar-refractivity contribution >= 4 is 11.9 Å². The number of aromatic nitrogens is 2. The fourth-order valence-electron chi connectivity index (χ4n) is 3.44. The maximum atomic E-state index is 13.0. The van der Waals surface area contributed by atoms with E-state index in [2.05, 4.69) is 22.1 Å². The van der Waals surface area contributed by atoms with E-state index in [1.165, 1.54) is 5.56 Å². The Morgan fingerprint density at radius 2 is 2.04 bits per heavy atom. The summed E-state index contributed by atoms with van der Waals surface area (Å²) in [7, 11) is 0. The van der Waals surface area contributed by atoms with Gasteiger partial charge in [-0.15, -0.1) is 0 Å². The zero-order valence-corrected chi connectivity index (χ0v) is 13.0.